The molecule has 15 heavy (non-hydrogen) atoms. The van der Waals surface area contributed by atoms with E-state index in [2.05, 4.69) is 24.3 Å². The zero-order valence-corrected chi connectivity index (χ0v) is 9.01. The fourth-order valence-corrected chi connectivity index (χ4v) is 2.06. The number of hydrogen-bond donors (Lipinski definition) is 1. The molecule has 0 amide bonds. The molecule has 0 spiro atoms. The molecule has 0 unspecified atom stereocenters. The molecule has 0 radical (unpaired) electrons. The standard InChI is InChI=1S/C13H18FN/c14-9-1-2-11-3-5-12(6-4-11)13(10-15)7-8-13/h3-6H,1-2,7-10,15H2. The zero-order chi connectivity index (χ0) is 10.7. The molecule has 2 rings (SSSR count). The van der Waals surface area contributed by atoms with Crippen molar-refractivity contribution in [3.63, 3.8) is 0 Å². The number of benzene rings is 1. The first-order chi connectivity index (χ1) is 7.30. The van der Waals surface area contributed by atoms with Crippen LogP contribution in [0.25, 0.3) is 0 Å². The molecule has 1 aliphatic carbocycles. The lowest BCUT2D eigenvalue weighted by molar-refractivity contribution is 0.473. The molecule has 0 aromatic heterocycles. The van der Waals surface area contributed by atoms with E-state index >= 15 is 0 Å². The van der Waals surface area contributed by atoms with Gasteiger partial charge in [-0.05, 0) is 36.8 Å². The fraction of sp³-hybridized carbons (Fsp3) is 0.538. The Morgan fingerprint density at radius 1 is 1.20 bits per heavy atom. The molecule has 1 aliphatic rings. The van der Waals surface area contributed by atoms with Crippen molar-refractivity contribution < 1.29 is 4.39 Å². The van der Waals surface area contributed by atoms with Gasteiger partial charge in [-0.1, -0.05) is 24.3 Å². The average molecular weight is 207 g/mol. The van der Waals surface area contributed by atoms with Crippen LogP contribution < -0.4 is 5.73 Å². The first-order valence-corrected chi connectivity index (χ1v) is 5.66. The summed E-state index contributed by atoms with van der Waals surface area (Å²) in [7, 11) is 0. The molecule has 0 saturated heterocycles. The van der Waals surface area contributed by atoms with E-state index in [9.17, 15) is 4.39 Å². The number of aryl methyl sites for hydroxylation is 1. The van der Waals surface area contributed by atoms with Gasteiger partial charge in [0, 0.05) is 12.0 Å². The van der Waals surface area contributed by atoms with Gasteiger partial charge in [0.2, 0.25) is 0 Å². The van der Waals surface area contributed by atoms with Gasteiger partial charge in [-0.3, -0.25) is 4.39 Å². The van der Waals surface area contributed by atoms with Crippen molar-refractivity contribution in [2.45, 2.75) is 31.1 Å². The van der Waals surface area contributed by atoms with E-state index in [4.69, 9.17) is 5.73 Å². The van der Waals surface area contributed by atoms with Crippen LogP contribution in [0.5, 0.6) is 0 Å². The Kier molecular flexibility index (Phi) is 3.06. The maximum Gasteiger partial charge on any atom is 0.0897 e. The molecule has 0 atom stereocenters. The minimum atomic E-state index is -0.228. The lowest BCUT2D eigenvalue weighted by Gasteiger charge is -2.13. The van der Waals surface area contributed by atoms with Crippen LogP contribution in [0.2, 0.25) is 0 Å². The lowest BCUT2D eigenvalue weighted by Crippen LogP contribution is -2.19. The van der Waals surface area contributed by atoms with Crippen molar-refractivity contribution in [1.29, 1.82) is 0 Å². The van der Waals surface area contributed by atoms with E-state index < -0.39 is 0 Å². The first-order valence-electron chi connectivity index (χ1n) is 5.66. The summed E-state index contributed by atoms with van der Waals surface area (Å²) in [4.78, 5) is 0. The molecular weight excluding hydrogens is 189 g/mol. The van der Waals surface area contributed by atoms with E-state index in [0.717, 1.165) is 13.0 Å². The molecule has 1 nitrogen and oxygen atoms in total. The summed E-state index contributed by atoms with van der Waals surface area (Å²) in [6, 6.07) is 8.54. The first kappa shape index (κ1) is 10.6. The largest absolute Gasteiger partial charge is 0.330 e. The van der Waals surface area contributed by atoms with Gasteiger partial charge in [0.05, 0.1) is 6.67 Å². The zero-order valence-electron chi connectivity index (χ0n) is 9.01. The van der Waals surface area contributed by atoms with E-state index in [1.807, 2.05) is 0 Å². The average Bonchev–Trinajstić information content (AvgIpc) is 3.08. The van der Waals surface area contributed by atoms with E-state index in [1.54, 1.807) is 0 Å². The van der Waals surface area contributed by atoms with Crippen LogP contribution >= 0.6 is 0 Å². The summed E-state index contributed by atoms with van der Waals surface area (Å²) >= 11 is 0. The third kappa shape index (κ3) is 2.20. The Morgan fingerprint density at radius 2 is 1.87 bits per heavy atom. The van der Waals surface area contributed by atoms with Gasteiger partial charge in [0.1, 0.15) is 0 Å². The second kappa shape index (κ2) is 4.31. The second-order valence-electron chi connectivity index (χ2n) is 4.47. The van der Waals surface area contributed by atoms with Gasteiger partial charge in [-0.2, -0.15) is 0 Å². The monoisotopic (exact) mass is 207 g/mol. The molecule has 0 heterocycles. The van der Waals surface area contributed by atoms with Crippen molar-refractivity contribution in [1.82, 2.24) is 0 Å². The molecule has 1 saturated carbocycles. The van der Waals surface area contributed by atoms with Gasteiger partial charge in [0.25, 0.3) is 0 Å². The van der Waals surface area contributed by atoms with Crippen LogP contribution in [0.3, 0.4) is 0 Å². The van der Waals surface area contributed by atoms with Crippen molar-refractivity contribution in [2.24, 2.45) is 5.73 Å². The number of hydrogen-bond acceptors (Lipinski definition) is 1. The van der Waals surface area contributed by atoms with E-state index in [-0.39, 0.29) is 12.1 Å². The van der Waals surface area contributed by atoms with Crippen LogP contribution in [0.15, 0.2) is 24.3 Å². The Morgan fingerprint density at radius 3 is 2.33 bits per heavy atom. The third-order valence-corrected chi connectivity index (χ3v) is 3.41. The van der Waals surface area contributed by atoms with Crippen LogP contribution in [0.1, 0.15) is 30.4 Å². The summed E-state index contributed by atoms with van der Waals surface area (Å²) in [5.41, 5.74) is 8.63. The number of nitrogens with two attached hydrogens (primary N) is 1. The van der Waals surface area contributed by atoms with Gasteiger partial charge >= 0.3 is 0 Å². The van der Waals surface area contributed by atoms with Gasteiger partial charge in [-0.15, -0.1) is 0 Å². The highest BCUT2D eigenvalue weighted by Crippen LogP contribution is 2.47. The minimum absolute atomic E-state index is 0.228. The topological polar surface area (TPSA) is 26.0 Å². The molecule has 1 fully saturated rings. The molecule has 2 N–H and O–H groups in total. The number of halogens is 1. The predicted molar refractivity (Wildman–Crippen MR) is 60.7 cm³/mol. The van der Waals surface area contributed by atoms with Crippen LogP contribution in [-0.2, 0) is 11.8 Å². The van der Waals surface area contributed by atoms with Crippen molar-refractivity contribution >= 4 is 0 Å². The quantitative estimate of drug-likeness (QED) is 0.789. The van der Waals surface area contributed by atoms with Gasteiger partial charge in [-0.25, -0.2) is 0 Å². The summed E-state index contributed by atoms with van der Waals surface area (Å²) < 4.78 is 12.0. The molecule has 1 aromatic rings. The molecule has 82 valence electrons. The highest BCUT2D eigenvalue weighted by molar-refractivity contribution is 5.34. The van der Waals surface area contributed by atoms with E-state index in [0.29, 0.717) is 6.42 Å². The minimum Gasteiger partial charge on any atom is -0.330 e. The number of alkyl halides is 1. The number of rotatable bonds is 5. The normalized spacial score (nSPS) is 17.7. The lowest BCUT2D eigenvalue weighted by atomic mass is 9.94. The predicted octanol–water partition coefficient (Wildman–Crippen LogP) is 2.58. The van der Waals surface area contributed by atoms with Crippen LogP contribution in [0.4, 0.5) is 4.39 Å². The second-order valence-corrected chi connectivity index (χ2v) is 4.47. The van der Waals surface area contributed by atoms with Crippen LogP contribution in [-0.4, -0.2) is 13.2 Å². The Labute approximate surface area is 90.5 Å². The third-order valence-electron chi connectivity index (χ3n) is 3.41. The smallest absolute Gasteiger partial charge is 0.0897 e. The molecular formula is C13H18FN. The van der Waals surface area contributed by atoms with Gasteiger partial charge < -0.3 is 5.73 Å². The Bertz CT molecular complexity index is 314. The molecule has 2 heteroatoms. The fourth-order valence-electron chi connectivity index (χ4n) is 2.06. The Balaban J connectivity index is 2.04. The maximum atomic E-state index is 12.0. The van der Waals surface area contributed by atoms with Crippen molar-refractivity contribution in [3.8, 4) is 0 Å². The summed E-state index contributed by atoms with van der Waals surface area (Å²) in [5.74, 6) is 0. The van der Waals surface area contributed by atoms with Crippen molar-refractivity contribution in [3.05, 3.63) is 35.4 Å². The van der Waals surface area contributed by atoms with E-state index in [1.165, 1.54) is 24.0 Å². The SMILES string of the molecule is NCC1(c2ccc(CCCF)cc2)CC1. The van der Waals surface area contributed by atoms with Gasteiger partial charge in [0.15, 0.2) is 0 Å². The molecule has 0 bridgehead atoms. The highest BCUT2D eigenvalue weighted by Gasteiger charge is 2.42. The molecule has 1 aromatic carbocycles. The van der Waals surface area contributed by atoms with Crippen LogP contribution in [0, 0.1) is 0 Å². The summed E-state index contributed by atoms with van der Waals surface area (Å²) in [5, 5.41) is 0. The Hall–Kier alpha value is -0.890. The summed E-state index contributed by atoms with van der Waals surface area (Å²) in [6.45, 7) is 0.519. The summed E-state index contributed by atoms with van der Waals surface area (Å²) in [6.07, 6.45) is 3.90. The van der Waals surface area contributed by atoms with Crippen molar-refractivity contribution in [2.75, 3.05) is 13.2 Å². The maximum absolute atomic E-state index is 12.0. The highest BCUT2D eigenvalue weighted by atomic mass is 19.1. The molecule has 0 aliphatic heterocycles.